The van der Waals surface area contributed by atoms with Crippen LogP contribution in [0.1, 0.15) is 78.6 Å². The first-order chi connectivity index (χ1) is 14.8. The quantitative estimate of drug-likeness (QED) is 0.543. The molecule has 0 amide bonds. The third-order valence-electron chi connectivity index (χ3n) is 9.89. The molecule has 0 bridgehead atoms. The maximum Gasteiger partial charge on any atom is 0.303 e. The van der Waals surface area contributed by atoms with Crippen LogP contribution >= 0.6 is 0 Å². The SMILES string of the molecule is CC(=O)OC1/C(=N/O[C@@H]2CCNC2)CC[C@@]2(C)C1CC[C@@H]1[C@H]2CC[C@]2(C)C(=O)CC[C@@H]12. The molecule has 6 heteroatoms. The van der Waals surface area contributed by atoms with Crippen molar-refractivity contribution in [3.63, 3.8) is 0 Å². The van der Waals surface area contributed by atoms with Crippen molar-refractivity contribution in [2.24, 2.45) is 39.7 Å². The molecule has 4 saturated carbocycles. The summed E-state index contributed by atoms with van der Waals surface area (Å²) in [5.74, 6) is 2.33. The summed E-state index contributed by atoms with van der Waals surface area (Å²) in [4.78, 5) is 30.6. The largest absolute Gasteiger partial charge is 0.456 e. The van der Waals surface area contributed by atoms with Gasteiger partial charge in [0.15, 0.2) is 0 Å². The second-order valence-corrected chi connectivity index (χ2v) is 11.3. The van der Waals surface area contributed by atoms with E-state index in [4.69, 9.17) is 9.57 Å². The molecule has 1 saturated heterocycles. The monoisotopic (exact) mass is 430 g/mol. The third kappa shape index (κ3) is 3.44. The molecule has 0 aromatic rings. The van der Waals surface area contributed by atoms with Gasteiger partial charge in [-0.1, -0.05) is 19.0 Å². The van der Waals surface area contributed by atoms with E-state index in [1.807, 2.05) is 0 Å². The summed E-state index contributed by atoms with van der Waals surface area (Å²) in [6, 6.07) is 0. The number of carbonyl (C=O) groups is 2. The highest BCUT2D eigenvalue weighted by molar-refractivity contribution is 5.91. The van der Waals surface area contributed by atoms with Crippen LogP contribution in [0.5, 0.6) is 0 Å². The highest BCUT2D eigenvalue weighted by Gasteiger charge is 2.62. The summed E-state index contributed by atoms with van der Waals surface area (Å²) in [6.07, 6.45) is 8.88. The van der Waals surface area contributed by atoms with Crippen molar-refractivity contribution >= 4 is 17.5 Å². The van der Waals surface area contributed by atoms with Crippen molar-refractivity contribution < 1.29 is 19.2 Å². The average molecular weight is 431 g/mol. The van der Waals surface area contributed by atoms with E-state index in [2.05, 4.69) is 24.3 Å². The van der Waals surface area contributed by atoms with Crippen LogP contribution in [0.2, 0.25) is 0 Å². The summed E-state index contributed by atoms with van der Waals surface area (Å²) in [5.41, 5.74) is 0.952. The number of Topliss-reactive ketones (excluding diaryl/α,β-unsaturated/α-hetero) is 1. The lowest BCUT2D eigenvalue weighted by Gasteiger charge is -2.60. The van der Waals surface area contributed by atoms with Gasteiger partial charge in [0.1, 0.15) is 18.0 Å². The number of nitrogens with one attached hydrogen (secondary N) is 1. The van der Waals surface area contributed by atoms with Gasteiger partial charge in [0.2, 0.25) is 0 Å². The van der Waals surface area contributed by atoms with Gasteiger partial charge >= 0.3 is 5.97 Å². The first-order valence-electron chi connectivity index (χ1n) is 12.5. The number of nitrogens with zero attached hydrogens (tertiary/aromatic N) is 1. The fourth-order valence-corrected chi connectivity index (χ4v) is 8.18. The molecule has 5 rings (SSSR count). The minimum Gasteiger partial charge on any atom is -0.456 e. The lowest BCUT2D eigenvalue weighted by Crippen LogP contribution is -2.58. The number of hydrogen-bond acceptors (Lipinski definition) is 6. The molecule has 0 aromatic heterocycles. The van der Waals surface area contributed by atoms with Crippen molar-refractivity contribution in [1.82, 2.24) is 5.32 Å². The van der Waals surface area contributed by atoms with E-state index < -0.39 is 0 Å². The maximum atomic E-state index is 12.7. The van der Waals surface area contributed by atoms with Gasteiger partial charge in [-0.25, -0.2) is 0 Å². The smallest absolute Gasteiger partial charge is 0.303 e. The third-order valence-corrected chi connectivity index (χ3v) is 9.89. The first-order valence-corrected chi connectivity index (χ1v) is 12.5. The summed E-state index contributed by atoms with van der Waals surface area (Å²) < 4.78 is 5.94. The molecule has 1 N–H and O–H groups in total. The van der Waals surface area contributed by atoms with E-state index in [-0.39, 0.29) is 34.9 Å². The van der Waals surface area contributed by atoms with Gasteiger partial charge in [0.25, 0.3) is 0 Å². The number of ether oxygens (including phenoxy) is 1. The predicted molar refractivity (Wildman–Crippen MR) is 117 cm³/mol. The van der Waals surface area contributed by atoms with Crippen LogP contribution in [-0.2, 0) is 19.2 Å². The summed E-state index contributed by atoms with van der Waals surface area (Å²) in [7, 11) is 0. The predicted octanol–water partition coefficient (Wildman–Crippen LogP) is 3.87. The van der Waals surface area contributed by atoms with Crippen molar-refractivity contribution in [3.8, 4) is 0 Å². The normalized spacial score (nSPS) is 48.1. The Morgan fingerprint density at radius 1 is 1.03 bits per heavy atom. The van der Waals surface area contributed by atoms with Crippen molar-refractivity contribution in [1.29, 1.82) is 0 Å². The van der Waals surface area contributed by atoms with Crippen LogP contribution in [0.3, 0.4) is 0 Å². The molecule has 8 atom stereocenters. The lowest BCUT2D eigenvalue weighted by molar-refractivity contribution is -0.161. The molecular weight excluding hydrogens is 392 g/mol. The fraction of sp³-hybridized carbons (Fsp3) is 0.880. The van der Waals surface area contributed by atoms with E-state index in [1.54, 1.807) is 0 Å². The number of fused-ring (bicyclic) bond motifs is 5. The Bertz CT molecular complexity index is 775. The van der Waals surface area contributed by atoms with E-state index in [1.165, 1.54) is 6.92 Å². The lowest BCUT2D eigenvalue weighted by atomic mass is 9.45. The minimum absolute atomic E-state index is 0.0932. The molecule has 31 heavy (non-hydrogen) atoms. The van der Waals surface area contributed by atoms with Crippen molar-refractivity contribution in [2.75, 3.05) is 13.1 Å². The van der Waals surface area contributed by atoms with Gasteiger partial charge in [-0.05, 0) is 74.7 Å². The Hall–Kier alpha value is -1.43. The van der Waals surface area contributed by atoms with Crippen LogP contribution < -0.4 is 5.32 Å². The average Bonchev–Trinajstić information content (AvgIpc) is 3.35. The summed E-state index contributed by atoms with van der Waals surface area (Å²) in [5, 5.41) is 7.86. The first kappa shape index (κ1) is 21.4. The molecule has 5 fully saturated rings. The highest BCUT2D eigenvalue weighted by Crippen LogP contribution is 2.65. The summed E-state index contributed by atoms with van der Waals surface area (Å²) in [6.45, 7) is 7.98. The van der Waals surface area contributed by atoms with Crippen LogP contribution in [0.4, 0.5) is 0 Å². The Kier molecular flexibility index (Phi) is 5.43. The van der Waals surface area contributed by atoms with E-state index in [0.717, 1.165) is 76.6 Å². The zero-order valence-corrected chi connectivity index (χ0v) is 19.3. The van der Waals surface area contributed by atoms with E-state index in [9.17, 15) is 9.59 Å². The van der Waals surface area contributed by atoms with Gasteiger partial charge in [-0.3, -0.25) is 9.59 Å². The zero-order valence-electron chi connectivity index (χ0n) is 19.3. The Morgan fingerprint density at radius 2 is 1.87 bits per heavy atom. The Labute approximate surface area is 185 Å². The molecule has 2 unspecified atom stereocenters. The number of rotatable bonds is 3. The summed E-state index contributed by atoms with van der Waals surface area (Å²) >= 11 is 0. The van der Waals surface area contributed by atoms with Gasteiger partial charge in [-0.15, -0.1) is 0 Å². The van der Waals surface area contributed by atoms with E-state index >= 15 is 0 Å². The van der Waals surface area contributed by atoms with Crippen LogP contribution in [0.15, 0.2) is 5.16 Å². The zero-order chi connectivity index (χ0) is 21.8. The number of ketones is 1. The molecule has 5 aliphatic rings. The molecule has 172 valence electrons. The number of carbonyl (C=O) groups excluding carboxylic acids is 2. The van der Waals surface area contributed by atoms with Gasteiger partial charge < -0.3 is 14.9 Å². The molecule has 1 aliphatic heterocycles. The number of hydrogen-bond donors (Lipinski definition) is 1. The minimum atomic E-state index is -0.273. The molecule has 1 heterocycles. The van der Waals surface area contributed by atoms with Crippen molar-refractivity contribution in [2.45, 2.75) is 90.8 Å². The standard InChI is InChI=1S/C25H38N2O4/c1-15(28)30-23-20-5-4-17-18-6-7-22(29)25(18,3)11-8-19(17)24(20,2)12-9-21(23)27-31-16-10-13-26-14-16/h16-20,23,26H,4-14H2,1-3H3/b27-21+/t16-,17+,18+,19-,20?,23?,24-,25+/m1/s1. The van der Waals surface area contributed by atoms with Gasteiger partial charge in [0, 0.05) is 37.6 Å². The maximum absolute atomic E-state index is 12.7. The van der Waals surface area contributed by atoms with Crippen molar-refractivity contribution in [3.05, 3.63) is 0 Å². The number of oxime groups is 1. The Morgan fingerprint density at radius 3 is 2.61 bits per heavy atom. The Balaban J connectivity index is 1.40. The van der Waals surface area contributed by atoms with Gasteiger partial charge in [0.05, 0.1) is 5.71 Å². The second-order valence-electron chi connectivity index (χ2n) is 11.3. The molecular formula is C25H38N2O4. The van der Waals surface area contributed by atoms with Crippen LogP contribution in [-0.4, -0.2) is 42.8 Å². The molecule has 6 nitrogen and oxygen atoms in total. The second kappa shape index (κ2) is 7.86. The van der Waals surface area contributed by atoms with Crippen LogP contribution in [0.25, 0.3) is 0 Å². The molecule has 4 aliphatic carbocycles. The van der Waals surface area contributed by atoms with E-state index in [0.29, 0.717) is 23.5 Å². The fourth-order valence-electron chi connectivity index (χ4n) is 8.18. The van der Waals surface area contributed by atoms with Gasteiger partial charge in [-0.2, -0.15) is 0 Å². The number of esters is 1. The molecule has 0 spiro atoms. The topological polar surface area (TPSA) is 77.0 Å². The molecule has 0 aromatic carbocycles. The molecule has 0 radical (unpaired) electrons. The van der Waals surface area contributed by atoms with Crippen LogP contribution in [0, 0.1) is 34.5 Å². The highest BCUT2D eigenvalue weighted by atomic mass is 16.6.